The lowest BCUT2D eigenvalue weighted by Crippen LogP contribution is -2.50. The first-order valence-corrected chi connectivity index (χ1v) is 8.14. The molecule has 0 radical (unpaired) electrons. The van der Waals surface area contributed by atoms with Gasteiger partial charge in [0.25, 0.3) is 5.91 Å². The molecule has 4 nitrogen and oxygen atoms in total. The molecule has 0 aliphatic carbocycles. The van der Waals surface area contributed by atoms with Gasteiger partial charge in [0.05, 0.1) is 11.0 Å². The molecule has 1 fully saturated rings. The Labute approximate surface area is 125 Å². The van der Waals surface area contributed by atoms with Crippen molar-refractivity contribution < 1.29 is 9.90 Å². The normalized spacial score (nSPS) is 18.6. The average molecular weight is 296 g/mol. The highest BCUT2D eigenvalue weighted by Crippen LogP contribution is 2.26. The van der Waals surface area contributed by atoms with E-state index in [1.807, 2.05) is 10.3 Å². The number of carbonyl (C=O) groups is 1. The number of β-amino-alcohol motifs (C(OH)–C–C–N with tert-alkyl or cyclic N) is 1. The van der Waals surface area contributed by atoms with Crippen molar-refractivity contribution in [2.45, 2.75) is 32.8 Å². The summed E-state index contributed by atoms with van der Waals surface area (Å²) < 4.78 is 0. The highest BCUT2D eigenvalue weighted by atomic mass is 32.1. The van der Waals surface area contributed by atoms with Crippen molar-refractivity contribution in [3.8, 4) is 0 Å². The average Bonchev–Trinajstić information content (AvgIpc) is 2.87. The standard InChI is InChI=1S/C15H24N2O2S/c1-11(2)13-4-9-20-14(13)15(19)17-7-5-16(6-8-17)10-12(3)18/h4,9,11-12,18H,5-8,10H2,1-3H3/t12-/m1/s1. The molecule has 1 atom stereocenters. The second kappa shape index (κ2) is 6.70. The molecule has 1 N–H and O–H groups in total. The molecule has 1 aliphatic heterocycles. The van der Waals surface area contributed by atoms with Gasteiger partial charge < -0.3 is 10.0 Å². The Morgan fingerprint density at radius 2 is 1.95 bits per heavy atom. The van der Waals surface area contributed by atoms with Gasteiger partial charge in [-0.2, -0.15) is 0 Å². The van der Waals surface area contributed by atoms with Crippen molar-refractivity contribution in [2.24, 2.45) is 0 Å². The second-order valence-electron chi connectivity index (χ2n) is 5.80. The topological polar surface area (TPSA) is 43.8 Å². The number of carbonyl (C=O) groups excluding carboxylic acids is 1. The molecule has 1 amide bonds. The van der Waals surface area contributed by atoms with Gasteiger partial charge >= 0.3 is 0 Å². The molecule has 2 heterocycles. The van der Waals surface area contributed by atoms with Crippen molar-refractivity contribution in [1.82, 2.24) is 9.80 Å². The molecule has 0 unspecified atom stereocenters. The third-order valence-electron chi connectivity index (χ3n) is 3.69. The van der Waals surface area contributed by atoms with Gasteiger partial charge in [0.15, 0.2) is 0 Å². The highest BCUT2D eigenvalue weighted by Gasteiger charge is 2.25. The number of rotatable bonds is 4. The number of piperazine rings is 1. The lowest BCUT2D eigenvalue weighted by atomic mass is 10.0. The van der Waals surface area contributed by atoms with E-state index < -0.39 is 0 Å². The fourth-order valence-electron chi connectivity index (χ4n) is 2.60. The van der Waals surface area contributed by atoms with Gasteiger partial charge in [-0.05, 0) is 29.9 Å². The van der Waals surface area contributed by atoms with Crippen LogP contribution in [-0.4, -0.2) is 59.6 Å². The van der Waals surface area contributed by atoms with Crippen LogP contribution in [0.4, 0.5) is 0 Å². The van der Waals surface area contributed by atoms with Crippen LogP contribution in [0.15, 0.2) is 11.4 Å². The fraction of sp³-hybridized carbons (Fsp3) is 0.667. The summed E-state index contributed by atoms with van der Waals surface area (Å²) in [5.74, 6) is 0.553. The first kappa shape index (κ1) is 15.5. The summed E-state index contributed by atoms with van der Waals surface area (Å²) in [5.41, 5.74) is 1.16. The largest absolute Gasteiger partial charge is 0.392 e. The van der Waals surface area contributed by atoms with Gasteiger partial charge in [-0.1, -0.05) is 13.8 Å². The highest BCUT2D eigenvalue weighted by molar-refractivity contribution is 7.12. The zero-order chi connectivity index (χ0) is 14.7. The van der Waals surface area contributed by atoms with Crippen molar-refractivity contribution in [3.63, 3.8) is 0 Å². The number of hydrogen-bond donors (Lipinski definition) is 1. The van der Waals surface area contributed by atoms with Gasteiger partial charge in [0, 0.05) is 32.7 Å². The molecule has 0 saturated carbocycles. The van der Waals surface area contributed by atoms with Crippen molar-refractivity contribution in [1.29, 1.82) is 0 Å². The summed E-state index contributed by atoms with van der Waals surface area (Å²) in [6.07, 6.45) is -0.304. The minimum atomic E-state index is -0.304. The molecule has 20 heavy (non-hydrogen) atoms. The SMILES string of the molecule is CC(C)c1ccsc1C(=O)N1CCN(C[C@@H](C)O)CC1. The monoisotopic (exact) mass is 296 g/mol. The second-order valence-corrected chi connectivity index (χ2v) is 6.72. The molecule has 0 aromatic carbocycles. The maximum absolute atomic E-state index is 12.6. The first-order valence-electron chi connectivity index (χ1n) is 7.26. The Morgan fingerprint density at radius 3 is 2.50 bits per heavy atom. The summed E-state index contributed by atoms with van der Waals surface area (Å²) in [7, 11) is 0. The van der Waals surface area contributed by atoms with Crippen molar-refractivity contribution in [3.05, 3.63) is 21.9 Å². The van der Waals surface area contributed by atoms with Crippen molar-refractivity contribution >= 4 is 17.2 Å². The van der Waals surface area contributed by atoms with Crippen LogP contribution in [0.25, 0.3) is 0 Å². The van der Waals surface area contributed by atoms with Gasteiger partial charge in [-0.25, -0.2) is 0 Å². The first-order chi connectivity index (χ1) is 9.49. The maximum atomic E-state index is 12.6. The van der Waals surface area contributed by atoms with E-state index in [-0.39, 0.29) is 12.0 Å². The number of nitrogens with zero attached hydrogens (tertiary/aromatic N) is 2. The molecular weight excluding hydrogens is 272 g/mol. The summed E-state index contributed by atoms with van der Waals surface area (Å²) in [6, 6.07) is 2.06. The smallest absolute Gasteiger partial charge is 0.264 e. The molecule has 1 saturated heterocycles. The predicted molar refractivity (Wildman–Crippen MR) is 82.4 cm³/mol. The molecule has 2 rings (SSSR count). The molecule has 1 aliphatic rings. The number of thiophene rings is 1. The lowest BCUT2D eigenvalue weighted by molar-refractivity contribution is 0.0557. The Kier molecular flexibility index (Phi) is 5.18. The van der Waals surface area contributed by atoms with E-state index in [0.717, 1.165) is 36.6 Å². The predicted octanol–water partition coefficient (Wildman–Crippen LogP) is 2.01. The summed E-state index contributed by atoms with van der Waals surface area (Å²) in [6.45, 7) is 9.94. The molecule has 0 bridgehead atoms. The fourth-order valence-corrected chi connectivity index (χ4v) is 3.62. The van der Waals surface area contributed by atoms with Gasteiger partial charge in [0.1, 0.15) is 0 Å². The molecule has 5 heteroatoms. The van der Waals surface area contributed by atoms with Crippen LogP contribution in [0.5, 0.6) is 0 Å². The lowest BCUT2D eigenvalue weighted by Gasteiger charge is -2.35. The van der Waals surface area contributed by atoms with Crippen LogP contribution in [-0.2, 0) is 0 Å². The van der Waals surface area contributed by atoms with Crippen LogP contribution in [0.1, 0.15) is 41.9 Å². The number of hydrogen-bond acceptors (Lipinski definition) is 4. The van der Waals surface area contributed by atoms with E-state index in [1.165, 1.54) is 0 Å². The van der Waals surface area contributed by atoms with Crippen LogP contribution >= 0.6 is 11.3 Å². The Bertz CT molecular complexity index is 448. The Morgan fingerprint density at radius 1 is 1.30 bits per heavy atom. The molecule has 112 valence electrons. The van der Waals surface area contributed by atoms with Crippen LogP contribution in [0.3, 0.4) is 0 Å². The van der Waals surface area contributed by atoms with E-state index >= 15 is 0 Å². The third-order valence-corrected chi connectivity index (χ3v) is 4.61. The molecular formula is C15H24N2O2S. The van der Waals surface area contributed by atoms with E-state index in [9.17, 15) is 9.90 Å². The van der Waals surface area contributed by atoms with Crippen LogP contribution < -0.4 is 0 Å². The van der Waals surface area contributed by atoms with E-state index in [0.29, 0.717) is 12.5 Å². The number of aliphatic hydroxyl groups excluding tert-OH is 1. The quantitative estimate of drug-likeness (QED) is 0.924. The van der Waals surface area contributed by atoms with Crippen LogP contribution in [0.2, 0.25) is 0 Å². The zero-order valence-corrected chi connectivity index (χ0v) is 13.3. The molecule has 1 aromatic heterocycles. The van der Waals surface area contributed by atoms with Gasteiger partial charge in [0.2, 0.25) is 0 Å². The van der Waals surface area contributed by atoms with Crippen molar-refractivity contribution in [2.75, 3.05) is 32.7 Å². The minimum absolute atomic E-state index is 0.167. The summed E-state index contributed by atoms with van der Waals surface area (Å²) in [5, 5.41) is 11.4. The Hall–Kier alpha value is -0.910. The summed E-state index contributed by atoms with van der Waals surface area (Å²) in [4.78, 5) is 17.6. The third kappa shape index (κ3) is 3.59. The van der Waals surface area contributed by atoms with Gasteiger partial charge in [-0.3, -0.25) is 9.69 Å². The zero-order valence-electron chi connectivity index (χ0n) is 12.5. The van der Waals surface area contributed by atoms with Crippen LogP contribution in [0, 0.1) is 0 Å². The maximum Gasteiger partial charge on any atom is 0.264 e. The number of aliphatic hydroxyl groups is 1. The molecule has 0 spiro atoms. The van der Waals surface area contributed by atoms with E-state index in [4.69, 9.17) is 0 Å². The summed E-state index contributed by atoms with van der Waals surface area (Å²) >= 11 is 1.55. The van der Waals surface area contributed by atoms with Gasteiger partial charge in [-0.15, -0.1) is 11.3 Å². The minimum Gasteiger partial charge on any atom is -0.392 e. The molecule has 1 aromatic rings. The van der Waals surface area contributed by atoms with E-state index in [2.05, 4.69) is 24.8 Å². The Balaban J connectivity index is 1.96. The van der Waals surface area contributed by atoms with E-state index in [1.54, 1.807) is 18.3 Å². The number of amides is 1.